The summed E-state index contributed by atoms with van der Waals surface area (Å²) in [5, 5.41) is 0.311. The molecule has 1 aromatic heterocycles. The summed E-state index contributed by atoms with van der Waals surface area (Å²) < 4.78 is 29.3. The summed E-state index contributed by atoms with van der Waals surface area (Å²) in [6, 6.07) is 9.71. The highest BCUT2D eigenvalue weighted by Crippen LogP contribution is 2.31. The molecule has 0 aliphatic carbocycles. The molecule has 2 aliphatic rings. The first-order chi connectivity index (χ1) is 11.1. The molecule has 7 heteroatoms. The molecule has 0 radical (unpaired) electrons. The lowest BCUT2D eigenvalue weighted by Gasteiger charge is -2.17. The molecule has 4 rings (SSSR count). The summed E-state index contributed by atoms with van der Waals surface area (Å²) in [7, 11) is -3.54. The summed E-state index contributed by atoms with van der Waals surface area (Å²) in [5.41, 5.74) is 7.33. The van der Waals surface area contributed by atoms with Crippen molar-refractivity contribution in [2.24, 2.45) is 5.73 Å². The number of aromatic nitrogens is 2. The molecule has 2 N–H and O–H groups in total. The molecule has 1 fully saturated rings. The Morgan fingerprint density at radius 2 is 1.96 bits per heavy atom. The first-order valence-corrected chi connectivity index (χ1v) is 9.36. The van der Waals surface area contributed by atoms with Crippen molar-refractivity contribution in [1.82, 2.24) is 13.9 Å². The highest BCUT2D eigenvalue weighted by Gasteiger charge is 2.40. The second-order valence-corrected chi connectivity index (χ2v) is 8.16. The van der Waals surface area contributed by atoms with Crippen LogP contribution in [0, 0.1) is 0 Å². The van der Waals surface area contributed by atoms with Gasteiger partial charge in [0.15, 0.2) is 5.03 Å². The minimum Gasteiger partial charge on any atom is -0.326 e. The van der Waals surface area contributed by atoms with Crippen molar-refractivity contribution in [2.75, 3.05) is 13.1 Å². The second-order valence-electron chi connectivity index (χ2n) is 6.27. The molecule has 2 aromatic rings. The number of benzene rings is 1. The Morgan fingerprint density at radius 3 is 2.74 bits per heavy atom. The van der Waals surface area contributed by atoms with Crippen LogP contribution in [0.25, 0.3) is 0 Å². The molecular weight excluding hydrogens is 312 g/mol. The number of fused-ring (bicyclic) bond motifs is 1. The molecule has 0 saturated carbocycles. The fraction of sp³-hybridized carbons (Fsp3) is 0.438. The molecule has 23 heavy (non-hydrogen) atoms. The number of hydrogen-bond donors (Lipinski definition) is 1. The van der Waals surface area contributed by atoms with Gasteiger partial charge >= 0.3 is 0 Å². The van der Waals surface area contributed by atoms with Crippen LogP contribution in [-0.4, -0.2) is 41.4 Å². The molecule has 0 amide bonds. The van der Waals surface area contributed by atoms with E-state index in [0.717, 1.165) is 30.8 Å². The maximum atomic E-state index is 13.0. The van der Waals surface area contributed by atoms with E-state index in [0.29, 0.717) is 18.1 Å². The molecule has 2 aliphatic heterocycles. The van der Waals surface area contributed by atoms with Gasteiger partial charge in [-0.25, -0.2) is 13.4 Å². The third-order valence-corrected chi connectivity index (χ3v) is 6.68. The summed E-state index contributed by atoms with van der Waals surface area (Å²) in [6.45, 7) is 1.50. The third-order valence-electron chi connectivity index (χ3n) is 4.85. The zero-order valence-electron chi connectivity index (χ0n) is 12.8. The highest BCUT2D eigenvalue weighted by molar-refractivity contribution is 7.89. The van der Waals surface area contributed by atoms with E-state index in [1.165, 1.54) is 10.5 Å². The van der Waals surface area contributed by atoms with E-state index in [9.17, 15) is 8.42 Å². The van der Waals surface area contributed by atoms with Gasteiger partial charge in [0, 0.05) is 38.0 Å². The lowest BCUT2D eigenvalue weighted by molar-refractivity contribution is 0.461. The summed E-state index contributed by atoms with van der Waals surface area (Å²) in [4.78, 5) is 4.26. The standard InChI is InChI=1S/C16H20N4O2S/c17-14-11-19(10-13(14)12-5-2-1-3-6-12)23(21,22)16-9-18-15-7-4-8-20(15)16/h1-3,5-6,9,13-14H,4,7-8,10-11,17H2/t13-,14+/m0/s1. The summed E-state index contributed by atoms with van der Waals surface area (Å²) >= 11 is 0. The van der Waals surface area contributed by atoms with Crippen LogP contribution in [0.5, 0.6) is 0 Å². The van der Waals surface area contributed by atoms with Crippen molar-refractivity contribution in [2.45, 2.75) is 36.4 Å². The van der Waals surface area contributed by atoms with Gasteiger partial charge in [0.25, 0.3) is 10.0 Å². The minimum absolute atomic E-state index is 0.0342. The topological polar surface area (TPSA) is 81.2 Å². The smallest absolute Gasteiger partial charge is 0.260 e. The maximum Gasteiger partial charge on any atom is 0.260 e. The zero-order chi connectivity index (χ0) is 16.0. The van der Waals surface area contributed by atoms with Crippen molar-refractivity contribution in [3.63, 3.8) is 0 Å². The molecule has 1 saturated heterocycles. The second kappa shape index (κ2) is 5.43. The van der Waals surface area contributed by atoms with E-state index in [-0.39, 0.29) is 12.0 Å². The Kier molecular flexibility index (Phi) is 3.51. The number of sulfonamides is 1. The molecule has 6 nitrogen and oxygen atoms in total. The van der Waals surface area contributed by atoms with E-state index in [4.69, 9.17) is 5.73 Å². The predicted molar refractivity (Wildman–Crippen MR) is 86.5 cm³/mol. The van der Waals surface area contributed by atoms with Crippen LogP contribution in [0.15, 0.2) is 41.6 Å². The van der Waals surface area contributed by atoms with Gasteiger partial charge in [-0.15, -0.1) is 0 Å². The van der Waals surface area contributed by atoms with Crippen LogP contribution >= 0.6 is 0 Å². The number of nitrogens with zero attached hydrogens (tertiary/aromatic N) is 3. The van der Waals surface area contributed by atoms with Crippen molar-refractivity contribution in [1.29, 1.82) is 0 Å². The first kappa shape index (κ1) is 14.9. The normalized spacial score (nSPS) is 24.9. The van der Waals surface area contributed by atoms with Crippen LogP contribution in [0.2, 0.25) is 0 Å². The fourth-order valence-electron chi connectivity index (χ4n) is 3.61. The Bertz CT molecular complexity index is 816. The van der Waals surface area contributed by atoms with E-state index in [1.807, 2.05) is 34.9 Å². The van der Waals surface area contributed by atoms with E-state index >= 15 is 0 Å². The summed E-state index contributed by atoms with van der Waals surface area (Å²) in [5.74, 6) is 0.902. The first-order valence-electron chi connectivity index (χ1n) is 7.92. The van der Waals surface area contributed by atoms with E-state index in [2.05, 4.69) is 4.98 Å². The van der Waals surface area contributed by atoms with Crippen LogP contribution in [-0.2, 0) is 23.0 Å². The highest BCUT2D eigenvalue weighted by atomic mass is 32.2. The van der Waals surface area contributed by atoms with Crippen LogP contribution in [0.1, 0.15) is 23.7 Å². The Morgan fingerprint density at radius 1 is 1.17 bits per heavy atom. The Hall–Kier alpha value is -1.70. The average molecular weight is 332 g/mol. The number of rotatable bonds is 3. The number of imidazole rings is 1. The van der Waals surface area contributed by atoms with Crippen molar-refractivity contribution in [3.8, 4) is 0 Å². The number of nitrogens with two attached hydrogens (primary N) is 1. The minimum atomic E-state index is -3.54. The SMILES string of the molecule is N[C@@H]1CN(S(=O)(=O)c2cnc3n2CCC3)C[C@H]1c1ccccc1. The van der Waals surface area contributed by atoms with E-state index in [1.54, 1.807) is 0 Å². The molecule has 0 spiro atoms. The number of aryl methyl sites for hydroxylation is 1. The van der Waals surface area contributed by atoms with Crippen LogP contribution < -0.4 is 5.73 Å². The average Bonchev–Trinajstić information content (AvgIpc) is 3.22. The van der Waals surface area contributed by atoms with Crippen molar-refractivity contribution < 1.29 is 8.42 Å². The van der Waals surface area contributed by atoms with Gasteiger partial charge in [-0.2, -0.15) is 4.31 Å². The largest absolute Gasteiger partial charge is 0.326 e. The lowest BCUT2D eigenvalue weighted by atomic mass is 9.95. The predicted octanol–water partition coefficient (Wildman–Crippen LogP) is 0.945. The molecule has 0 unspecified atom stereocenters. The molecular formula is C16H20N4O2S. The quantitative estimate of drug-likeness (QED) is 0.907. The molecule has 1 aromatic carbocycles. The van der Waals surface area contributed by atoms with Gasteiger partial charge in [-0.1, -0.05) is 30.3 Å². The lowest BCUT2D eigenvalue weighted by Crippen LogP contribution is -2.33. The van der Waals surface area contributed by atoms with Gasteiger partial charge in [-0.3, -0.25) is 0 Å². The van der Waals surface area contributed by atoms with Gasteiger partial charge in [0.05, 0.1) is 6.20 Å². The van der Waals surface area contributed by atoms with Gasteiger partial charge in [-0.05, 0) is 12.0 Å². The van der Waals surface area contributed by atoms with Crippen LogP contribution in [0.3, 0.4) is 0 Å². The molecule has 2 atom stereocenters. The fourth-order valence-corrected chi connectivity index (χ4v) is 5.26. The monoisotopic (exact) mass is 332 g/mol. The zero-order valence-corrected chi connectivity index (χ0v) is 13.6. The van der Waals surface area contributed by atoms with Gasteiger partial charge in [0.2, 0.25) is 0 Å². The third kappa shape index (κ3) is 2.39. The maximum absolute atomic E-state index is 13.0. The molecule has 3 heterocycles. The van der Waals surface area contributed by atoms with Crippen LogP contribution in [0.4, 0.5) is 0 Å². The van der Waals surface area contributed by atoms with Gasteiger partial charge < -0.3 is 10.3 Å². The van der Waals surface area contributed by atoms with Crippen molar-refractivity contribution in [3.05, 3.63) is 47.9 Å². The van der Waals surface area contributed by atoms with E-state index < -0.39 is 10.0 Å². The molecule has 122 valence electrons. The Labute approximate surface area is 136 Å². The number of hydrogen-bond acceptors (Lipinski definition) is 4. The Balaban J connectivity index is 1.63. The van der Waals surface area contributed by atoms with Gasteiger partial charge in [0.1, 0.15) is 5.82 Å². The summed E-state index contributed by atoms with van der Waals surface area (Å²) in [6.07, 6.45) is 3.30. The van der Waals surface area contributed by atoms with Crippen molar-refractivity contribution >= 4 is 10.0 Å². The molecule has 0 bridgehead atoms.